The van der Waals surface area contributed by atoms with Crippen molar-refractivity contribution < 1.29 is 24.2 Å². The van der Waals surface area contributed by atoms with Crippen molar-refractivity contribution in [3.63, 3.8) is 0 Å². The number of aliphatic carboxylic acids is 1. The number of hydrogen-bond donors (Lipinski definition) is 1. The van der Waals surface area contributed by atoms with Crippen molar-refractivity contribution in [1.82, 2.24) is 4.90 Å². The molecule has 0 radical (unpaired) electrons. The van der Waals surface area contributed by atoms with Gasteiger partial charge in [0.2, 0.25) is 0 Å². The number of ether oxygens (including phenoxy) is 2. The highest BCUT2D eigenvalue weighted by Crippen LogP contribution is 2.40. The second-order valence-corrected chi connectivity index (χ2v) is 8.52. The van der Waals surface area contributed by atoms with Crippen molar-refractivity contribution in [3.05, 3.63) is 0 Å². The smallest absolute Gasteiger partial charge is 0.410 e. The number of rotatable bonds is 5. The van der Waals surface area contributed by atoms with E-state index < -0.39 is 16.3 Å². The van der Waals surface area contributed by atoms with Crippen molar-refractivity contribution in [2.75, 3.05) is 25.4 Å². The minimum absolute atomic E-state index is 0.0592. The maximum absolute atomic E-state index is 12.0. The number of carboxylic acid groups (broad SMARTS) is 1. The molecule has 0 spiro atoms. The number of nitrogens with zero attached hydrogens (tertiary/aromatic N) is 1. The van der Waals surface area contributed by atoms with Crippen molar-refractivity contribution >= 4 is 23.8 Å². The van der Waals surface area contributed by atoms with Crippen LogP contribution in [0.15, 0.2) is 0 Å². The van der Waals surface area contributed by atoms with Crippen LogP contribution in [0, 0.1) is 0 Å². The monoisotopic (exact) mass is 331 g/mol. The molecule has 6 nitrogen and oxygen atoms in total. The lowest BCUT2D eigenvalue weighted by Gasteiger charge is -2.49. The highest BCUT2D eigenvalue weighted by atomic mass is 32.2. The standard InChI is InChI=1S/C15H25NO5S/c1-14(2,3)21-13(19)16-9-15(10-16,7-12(17)18)22-8-11-5-4-6-20-11/h11H,4-10H2,1-3H3,(H,17,18). The highest BCUT2D eigenvalue weighted by molar-refractivity contribution is 8.00. The maximum Gasteiger partial charge on any atom is 0.410 e. The van der Waals surface area contributed by atoms with Crippen LogP contribution in [0.25, 0.3) is 0 Å². The van der Waals surface area contributed by atoms with Gasteiger partial charge in [-0.05, 0) is 33.6 Å². The maximum atomic E-state index is 12.0. The fourth-order valence-corrected chi connectivity index (χ4v) is 4.20. The first-order valence-electron chi connectivity index (χ1n) is 7.64. The fourth-order valence-electron chi connectivity index (χ4n) is 2.68. The van der Waals surface area contributed by atoms with E-state index in [-0.39, 0.29) is 18.6 Å². The summed E-state index contributed by atoms with van der Waals surface area (Å²) in [7, 11) is 0. The molecule has 0 aromatic carbocycles. The largest absolute Gasteiger partial charge is 0.481 e. The lowest BCUT2D eigenvalue weighted by Crippen LogP contribution is -2.63. The zero-order valence-electron chi connectivity index (χ0n) is 13.5. The molecule has 2 fully saturated rings. The average molecular weight is 331 g/mol. The van der Waals surface area contributed by atoms with Gasteiger partial charge in [-0.2, -0.15) is 0 Å². The summed E-state index contributed by atoms with van der Waals surface area (Å²) in [6, 6.07) is 0. The molecule has 126 valence electrons. The second-order valence-electron chi connectivity index (χ2n) is 7.04. The van der Waals surface area contributed by atoms with Crippen LogP contribution in [0.2, 0.25) is 0 Å². The van der Waals surface area contributed by atoms with Crippen LogP contribution >= 0.6 is 11.8 Å². The minimum Gasteiger partial charge on any atom is -0.481 e. The van der Waals surface area contributed by atoms with Gasteiger partial charge >= 0.3 is 12.1 Å². The summed E-state index contributed by atoms with van der Waals surface area (Å²) in [5, 5.41) is 9.14. The van der Waals surface area contributed by atoms with Gasteiger partial charge in [0.1, 0.15) is 5.60 Å². The summed E-state index contributed by atoms with van der Waals surface area (Å²) < 4.78 is 10.5. The molecule has 22 heavy (non-hydrogen) atoms. The van der Waals surface area contributed by atoms with E-state index in [9.17, 15) is 9.59 Å². The number of hydrogen-bond acceptors (Lipinski definition) is 5. The Morgan fingerprint density at radius 2 is 2.09 bits per heavy atom. The molecule has 0 aromatic heterocycles. The van der Waals surface area contributed by atoms with Gasteiger partial charge in [0.05, 0.1) is 17.3 Å². The summed E-state index contributed by atoms with van der Waals surface area (Å²) in [6.07, 6.45) is 2.01. The lowest BCUT2D eigenvalue weighted by molar-refractivity contribution is -0.138. The van der Waals surface area contributed by atoms with Crippen LogP contribution in [-0.4, -0.2) is 64.0 Å². The first kappa shape index (κ1) is 17.4. The van der Waals surface area contributed by atoms with Crippen LogP contribution < -0.4 is 0 Å². The third-order valence-electron chi connectivity index (χ3n) is 3.68. The van der Waals surface area contributed by atoms with Crippen molar-refractivity contribution in [2.24, 2.45) is 0 Å². The van der Waals surface area contributed by atoms with E-state index in [1.807, 2.05) is 20.8 Å². The first-order chi connectivity index (χ1) is 10.2. The summed E-state index contributed by atoms with van der Waals surface area (Å²) in [6.45, 7) is 7.10. The minimum atomic E-state index is -0.830. The van der Waals surface area contributed by atoms with Crippen LogP contribution in [0.3, 0.4) is 0 Å². The third kappa shape index (κ3) is 4.78. The summed E-state index contributed by atoms with van der Waals surface area (Å²) in [5.74, 6) is -0.0428. The first-order valence-corrected chi connectivity index (χ1v) is 8.63. The Hall–Kier alpha value is -0.950. The molecule has 2 aliphatic heterocycles. The van der Waals surface area contributed by atoms with Gasteiger partial charge in [0.25, 0.3) is 0 Å². The van der Waals surface area contributed by atoms with Crippen LogP contribution in [-0.2, 0) is 14.3 Å². The molecule has 1 amide bonds. The number of carbonyl (C=O) groups is 2. The molecule has 0 saturated carbocycles. The van der Waals surface area contributed by atoms with E-state index in [1.54, 1.807) is 16.7 Å². The van der Waals surface area contributed by atoms with Gasteiger partial charge < -0.3 is 19.5 Å². The number of likely N-dealkylation sites (tertiary alicyclic amines) is 1. The molecule has 7 heteroatoms. The van der Waals surface area contributed by atoms with E-state index in [2.05, 4.69) is 0 Å². The second kappa shape index (κ2) is 6.66. The van der Waals surface area contributed by atoms with Crippen molar-refractivity contribution in [2.45, 2.75) is 56.5 Å². The van der Waals surface area contributed by atoms with Crippen molar-refractivity contribution in [3.8, 4) is 0 Å². The molecule has 0 aromatic rings. The van der Waals surface area contributed by atoms with Gasteiger partial charge in [-0.15, -0.1) is 11.8 Å². The Bertz CT molecular complexity index is 422. The molecule has 2 saturated heterocycles. The van der Waals surface area contributed by atoms with Gasteiger partial charge in [0.15, 0.2) is 0 Å². The molecule has 0 aliphatic carbocycles. The Balaban J connectivity index is 1.86. The van der Waals surface area contributed by atoms with Gasteiger partial charge in [0, 0.05) is 25.4 Å². The van der Waals surface area contributed by atoms with Crippen LogP contribution in [0.1, 0.15) is 40.0 Å². The van der Waals surface area contributed by atoms with Gasteiger partial charge in [-0.1, -0.05) is 0 Å². The van der Waals surface area contributed by atoms with Gasteiger partial charge in [-0.3, -0.25) is 4.79 Å². The summed E-state index contributed by atoms with van der Waals surface area (Å²) in [4.78, 5) is 24.7. The number of carboxylic acids is 1. The zero-order chi connectivity index (χ0) is 16.4. The van der Waals surface area contributed by atoms with E-state index >= 15 is 0 Å². The quantitative estimate of drug-likeness (QED) is 0.833. The third-order valence-corrected chi connectivity index (χ3v) is 5.24. The molecule has 2 aliphatic rings. The van der Waals surface area contributed by atoms with E-state index in [0.29, 0.717) is 13.1 Å². The van der Waals surface area contributed by atoms with Crippen molar-refractivity contribution in [1.29, 1.82) is 0 Å². The van der Waals surface area contributed by atoms with E-state index in [4.69, 9.17) is 14.6 Å². The molecular formula is C15H25NO5S. The zero-order valence-corrected chi connectivity index (χ0v) is 14.3. The number of amides is 1. The Morgan fingerprint density at radius 3 is 2.59 bits per heavy atom. The van der Waals surface area contributed by atoms with Crippen LogP contribution in [0.4, 0.5) is 4.79 Å². The average Bonchev–Trinajstić information content (AvgIpc) is 2.81. The molecule has 0 bridgehead atoms. The predicted octanol–water partition coefficient (Wildman–Crippen LogP) is 2.36. The molecule has 1 N–H and O–H groups in total. The predicted molar refractivity (Wildman–Crippen MR) is 84.2 cm³/mol. The van der Waals surface area contributed by atoms with E-state index in [1.165, 1.54) is 0 Å². The molecule has 2 heterocycles. The number of carbonyl (C=O) groups excluding carboxylic acids is 1. The molecule has 1 unspecified atom stereocenters. The van der Waals surface area contributed by atoms with Crippen LogP contribution in [0.5, 0.6) is 0 Å². The number of thioether (sulfide) groups is 1. The lowest BCUT2D eigenvalue weighted by atomic mass is 9.95. The molecule has 1 atom stereocenters. The highest BCUT2D eigenvalue weighted by Gasteiger charge is 2.48. The Morgan fingerprint density at radius 1 is 1.41 bits per heavy atom. The Labute approximate surface area is 135 Å². The van der Waals surface area contributed by atoms with Gasteiger partial charge in [-0.25, -0.2) is 4.79 Å². The molecule has 2 rings (SSSR count). The normalized spacial score (nSPS) is 24.0. The summed E-state index contributed by atoms with van der Waals surface area (Å²) in [5.41, 5.74) is -0.535. The SMILES string of the molecule is CC(C)(C)OC(=O)N1CC(CC(=O)O)(SCC2CCCO2)C1. The molecular weight excluding hydrogens is 306 g/mol. The topological polar surface area (TPSA) is 76.1 Å². The fraction of sp³-hybridized carbons (Fsp3) is 0.867. The summed E-state index contributed by atoms with van der Waals surface area (Å²) >= 11 is 1.62. The Kier molecular flexibility index (Phi) is 5.27. The van der Waals surface area contributed by atoms with E-state index in [0.717, 1.165) is 25.2 Å².